The van der Waals surface area contributed by atoms with Crippen LogP contribution in [0.25, 0.3) is 0 Å². The van der Waals surface area contributed by atoms with Gasteiger partial charge in [-0.15, -0.1) is 0 Å². The number of benzene rings is 1. The van der Waals surface area contributed by atoms with E-state index < -0.39 is 6.10 Å². The first-order valence-electron chi connectivity index (χ1n) is 5.27. The number of methoxy groups -OCH3 is 2. The van der Waals surface area contributed by atoms with E-state index in [-0.39, 0.29) is 0 Å². The van der Waals surface area contributed by atoms with Gasteiger partial charge in [0.2, 0.25) is 0 Å². The fourth-order valence-corrected chi connectivity index (χ4v) is 2.31. The number of ether oxygens (including phenoxy) is 2. The first-order chi connectivity index (χ1) is 8.65. The van der Waals surface area contributed by atoms with Crippen LogP contribution in [-0.2, 0) is 0 Å². The summed E-state index contributed by atoms with van der Waals surface area (Å²) in [4.78, 5) is 4.61. The third-order valence-corrected chi connectivity index (χ3v) is 3.41. The number of nitrogen functional groups attached to an aromatic ring is 1. The average Bonchev–Trinajstić information content (AvgIpc) is 2.83. The minimum atomic E-state index is -0.764. The van der Waals surface area contributed by atoms with E-state index in [0.29, 0.717) is 27.1 Å². The predicted octanol–water partition coefficient (Wildman–Crippen LogP) is 1.82. The lowest BCUT2D eigenvalue weighted by Gasteiger charge is -2.12. The van der Waals surface area contributed by atoms with Crippen molar-refractivity contribution in [2.75, 3.05) is 20.0 Å². The Morgan fingerprint density at radius 3 is 2.56 bits per heavy atom. The first-order valence-corrected chi connectivity index (χ1v) is 6.08. The van der Waals surface area contributed by atoms with Crippen LogP contribution in [-0.4, -0.2) is 24.3 Å². The van der Waals surface area contributed by atoms with Crippen LogP contribution >= 0.6 is 11.3 Å². The highest BCUT2D eigenvalue weighted by molar-refractivity contribution is 7.15. The van der Waals surface area contributed by atoms with Crippen LogP contribution in [0.5, 0.6) is 11.5 Å². The zero-order valence-corrected chi connectivity index (χ0v) is 10.9. The highest BCUT2D eigenvalue weighted by Gasteiger charge is 2.15. The second kappa shape index (κ2) is 5.24. The molecule has 18 heavy (non-hydrogen) atoms. The van der Waals surface area contributed by atoms with Crippen LogP contribution in [0.3, 0.4) is 0 Å². The van der Waals surface area contributed by atoms with Gasteiger partial charge in [0.15, 0.2) is 16.6 Å². The molecule has 6 heteroatoms. The van der Waals surface area contributed by atoms with E-state index >= 15 is 0 Å². The molecule has 0 saturated carbocycles. The topological polar surface area (TPSA) is 77.6 Å². The molecule has 0 aliphatic carbocycles. The number of hydrogen-bond acceptors (Lipinski definition) is 6. The molecule has 2 rings (SSSR count). The molecule has 96 valence electrons. The molecule has 0 bridgehead atoms. The lowest BCUT2D eigenvalue weighted by atomic mass is 10.1. The van der Waals surface area contributed by atoms with Gasteiger partial charge in [0.25, 0.3) is 0 Å². The Kier molecular flexibility index (Phi) is 3.69. The van der Waals surface area contributed by atoms with Crippen molar-refractivity contribution in [1.82, 2.24) is 4.98 Å². The van der Waals surface area contributed by atoms with E-state index in [0.717, 1.165) is 0 Å². The molecule has 1 atom stereocenters. The predicted molar refractivity (Wildman–Crippen MR) is 70.1 cm³/mol. The van der Waals surface area contributed by atoms with Gasteiger partial charge in [-0.05, 0) is 17.7 Å². The Hall–Kier alpha value is -1.79. The van der Waals surface area contributed by atoms with Crippen LogP contribution in [0, 0.1) is 0 Å². The highest BCUT2D eigenvalue weighted by atomic mass is 32.1. The fraction of sp³-hybridized carbons (Fsp3) is 0.250. The number of thiazole rings is 1. The lowest BCUT2D eigenvalue weighted by Crippen LogP contribution is -1.99. The number of aliphatic hydroxyl groups is 1. The number of hydrogen-bond donors (Lipinski definition) is 2. The zero-order chi connectivity index (χ0) is 13.1. The molecule has 0 fully saturated rings. The van der Waals surface area contributed by atoms with Crippen molar-refractivity contribution in [3.8, 4) is 11.5 Å². The van der Waals surface area contributed by atoms with Crippen molar-refractivity contribution in [3.63, 3.8) is 0 Å². The van der Waals surface area contributed by atoms with E-state index in [9.17, 15) is 5.11 Å². The number of aromatic nitrogens is 1. The Morgan fingerprint density at radius 2 is 2.00 bits per heavy atom. The largest absolute Gasteiger partial charge is 0.493 e. The average molecular weight is 266 g/mol. The van der Waals surface area contributed by atoms with E-state index in [2.05, 4.69) is 4.98 Å². The second-order valence-corrected chi connectivity index (χ2v) is 4.71. The van der Waals surface area contributed by atoms with Crippen LogP contribution in [0.1, 0.15) is 16.5 Å². The molecule has 0 saturated heterocycles. The summed E-state index contributed by atoms with van der Waals surface area (Å²) in [6.07, 6.45) is 0.807. The molecule has 1 aromatic carbocycles. The smallest absolute Gasteiger partial charge is 0.180 e. The molecule has 5 nitrogen and oxygen atoms in total. The molecule has 0 aliphatic heterocycles. The quantitative estimate of drug-likeness (QED) is 0.882. The molecule has 0 radical (unpaired) electrons. The van der Waals surface area contributed by atoms with Crippen LogP contribution < -0.4 is 15.2 Å². The van der Waals surface area contributed by atoms with Gasteiger partial charge in [-0.1, -0.05) is 17.4 Å². The summed E-state index contributed by atoms with van der Waals surface area (Å²) < 4.78 is 10.3. The van der Waals surface area contributed by atoms with Gasteiger partial charge in [0, 0.05) is 6.20 Å². The van der Waals surface area contributed by atoms with Crippen LogP contribution in [0.4, 0.5) is 5.13 Å². The molecule has 0 amide bonds. The van der Waals surface area contributed by atoms with Gasteiger partial charge in [-0.3, -0.25) is 0 Å². The standard InChI is InChI=1S/C12H14N2O3S/c1-16-8-4-3-7(5-9(8)17-2)11(15)10-6-14-12(13)18-10/h3-6,11,15H,1-2H3,(H2,13,14). The summed E-state index contributed by atoms with van der Waals surface area (Å²) in [6, 6.07) is 5.27. The fourth-order valence-electron chi connectivity index (χ4n) is 1.61. The second-order valence-electron chi connectivity index (χ2n) is 3.62. The molecule has 1 aromatic heterocycles. The van der Waals surface area contributed by atoms with Gasteiger partial charge in [0.1, 0.15) is 6.10 Å². The molecule has 0 spiro atoms. The normalized spacial score (nSPS) is 12.2. The molecule has 0 aliphatic rings. The summed E-state index contributed by atoms with van der Waals surface area (Å²) in [7, 11) is 3.12. The highest BCUT2D eigenvalue weighted by Crippen LogP contribution is 2.33. The van der Waals surface area contributed by atoms with E-state index in [1.807, 2.05) is 0 Å². The van der Waals surface area contributed by atoms with Crippen molar-refractivity contribution in [3.05, 3.63) is 34.8 Å². The third kappa shape index (κ3) is 2.39. The van der Waals surface area contributed by atoms with Gasteiger partial charge in [-0.25, -0.2) is 4.98 Å². The zero-order valence-electron chi connectivity index (χ0n) is 10.1. The Morgan fingerprint density at radius 1 is 1.28 bits per heavy atom. The van der Waals surface area contributed by atoms with E-state index in [1.165, 1.54) is 11.3 Å². The number of anilines is 1. The number of nitrogens with two attached hydrogens (primary N) is 1. The maximum absolute atomic E-state index is 10.2. The van der Waals surface area contributed by atoms with Crippen molar-refractivity contribution in [1.29, 1.82) is 0 Å². The monoisotopic (exact) mass is 266 g/mol. The summed E-state index contributed by atoms with van der Waals surface area (Å²) in [5.41, 5.74) is 6.25. The SMILES string of the molecule is COc1ccc(C(O)c2cnc(N)s2)cc1OC. The maximum atomic E-state index is 10.2. The molecule has 1 unspecified atom stereocenters. The Balaban J connectivity index is 2.33. The third-order valence-electron chi connectivity index (χ3n) is 2.53. The van der Waals surface area contributed by atoms with Gasteiger partial charge >= 0.3 is 0 Å². The maximum Gasteiger partial charge on any atom is 0.180 e. The van der Waals surface area contributed by atoms with E-state index in [1.54, 1.807) is 38.6 Å². The number of aliphatic hydroxyl groups excluding tert-OH is 1. The number of nitrogens with zero attached hydrogens (tertiary/aromatic N) is 1. The van der Waals surface area contributed by atoms with Crippen LogP contribution in [0.2, 0.25) is 0 Å². The Bertz CT molecular complexity index is 542. The van der Waals surface area contributed by atoms with Crippen molar-refractivity contribution in [2.45, 2.75) is 6.10 Å². The summed E-state index contributed by atoms with van der Waals surface area (Å²) in [6.45, 7) is 0. The minimum Gasteiger partial charge on any atom is -0.493 e. The van der Waals surface area contributed by atoms with Gasteiger partial charge in [0.05, 0.1) is 19.1 Å². The molecule has 1 heterocycles. The molecule has 2 aromatic rings. The Labute approximate surface area is 109 Å². The lowest BCUT2D eigenvalue weighted by molar-refractivity contribution is 0.223. The molecular weight excluding hydrogens is 252 g/mol. The molecule has 3 N–H and O–H groups in total. The minimum absolute atomic E-state index is 0.435. The van der Waals surface area contributed by atoms with Crippen molar-refractivity contribution < 1.29 is 14.6 Å². The summed E-state index contributed by atoms with van der Waals surface area (Å²) >= 11 is 1.26. The van der Waals surface area contributed by atoms with Crippen LogP contribution in [0.15, 0.2) is 24.4 Å². The van der Waals surface area contributed by atoms with Gasteiger partial charge < -0.3 is 20.3 Å². The number of rotatable bonds is 4. The summed E-state index contributed by atoms with van der Waals surface area (Å²) in [5.74, 6) is 1.20. The van der Waals surface area contributed by atoms with Gasteiger partial charge in [-0.2, -0.15) is 0 Å². The van der Waals surface area contributed by atoms with E-state index in [4.69, 9.17) is 15.2 Å². The molecular formula is C12H14N2O3S. The van der Waals surface area contributed by atoms with Crippen molar-refractivity contribution >= 4 is 16.5 Å². The summed E-state index contributed by atoms with van der Waals surface area (Å²) in [5, 5.41) is 10.6. The van der Waals surface area contributed by atoms with Crippen molar-refractivity contribution in [2.24, 2.45) is 0 Å². The first kappa shape index (κ1) is 12.7.